The molecule has 2 aromatic carbocycles. The highest BCUT2D eigenvalue weighted by Gasteiger charge is 2.36. The first-order valence-corrected chi connectivity index (χ1v) is 8.06. The summed E-state index contributed by atoms with van der Waals surface area (Å²) in [4.78, 5) is 0. The van der Waals surface area contributed by atoms with Gasteiger partial charge in [-0.1, -0.05) is 60.7 Å². The van der Waals surface area contributed by atoms with E-state index in [1.54, 1.807) is 0 Å². The van der Waals surface area contributed by atoms with Crippen molar-refractivity contribution in [1.82, 2.24) is 5.43 Å². The summed E-state index contributed by atoms with van der Waals surface area (Å²) in [7, 11) is 0. The van der Waals surface area contributed by atoms with Crippen LogP contribution in [0.1, 0.15) is 36.4 Å². The number of nitrogens with one attached hydrogen (secondary N) is 1. The van der Waals surface area contributed by atoms with Crippen LogP contribution >= 0.6 is 0 Å². The highest BCUT2D eigenvalue weighted by Crippen LogP contribution is 2.39. The molecule has 2 atom stereocenters. The van der Waals surface area contributed by atoms with Crippen LogP contribution in [0.25, 0.3) is 6.08 Å². The van der Waals surface area contributed by atoms with Gasteiger partial charge >= 0.3 is 0 Å². The van der Waals surface area contributed by atoms with Gasteiger partial charge in [-0.05, 0) is 42.0 Å². The maximum absolute atomic E-state index is 4.69. The van der Waals surface area contributed by atoms with E-state index >= 15 is 0 Å². The lowest BCUT2D eigenvalue weighted by molar-refractivity contribution is 0.451. The smallest absolute Gasteiger partial charge is 0.0773 e. The number of hydrogen-bond donors (Lipinski definition) is 1. The van der Waals surface area contributed by atoms with E-state index in [9.17, 15) is 0 Å². The average Bonchev–Trinajstić information content (AvgIpc) is 3.02. The molecule has 1 aliphatic carbocycles. The summed E-state index contributed by atoms with van der Waals surface area (Å²) in [6, 6.07) is 21.6. The lowest BCUT2D eigenvalue weighted by Gasteiger charge is -2.26. The summed E-state index contributed by atoms with van der Waals surface area (Å²) >= 11 is 0. The summed E-state index contributed by atoms with van der Waals surface area (Å²) in [6.45, 7) is 0. The Morgan fingerprint density at radius 3 is 2.45 bits per heavy atom. The van der Waals surface area contributed by atoms with Gasteiger partial charge in [0.1, 0.15) is 0 Å². The molecular formula is C20H20N2. The van der Waals surface area contributed by atoms with Gasteiger partial charge in [0.15, 0.2) is 0 Å². The van der Waals surface area contributed by atoms with Gasteiger partial charge in [0.2, 0.25) is 0 Å². The quantitative estimate of drug-likeness (QED) is 0.860. The van der Waals surface area contributed by atoms with Crippen LogP contribution in [-0.2, 0) is 0 Å². The Morgan fingerprint density at radius 2 is 1.68 bits per heavy atom. The first kappa shape index (κ1) is 13.3. The van der Waals surface area contributed by atoms with Crippen molar-refractivity contribution in [3.8, 4) is 0 Å². The van der Waals surface area contributed by atoms with Gasteiger partial charge in [0.25, 0.3) is 0 Å². The minimum Gasteiger partial charge on any atom is -0.302 e. The third-order valence-electron chi connectivity index (χ3n) is 4.67. The van der Waals surface area contributed by atoms with Gasteiger partial charge in [-0.3, -0.25) is 0 Å². The molecule has 1 aliphatic heterocycles. The lowest BCUT2D eigenvalue weighted by Crippen LogP contribution is -2.25. The van der Waals surface area contributed by atoms with Crippen molar-refractivity contribution in [2.75, 3.05) is 0 Å². The number of nitrogens with zero attached hydrogens (tertiary/aromatic N) is 1. The SMILES string of the molecule is C(=C1CCCC2C1=NNC2c1ccccc1)c1ccccc1. The third-order valence-corrected chi connectivity index (χ3v) is 4.67. The molecule has 2 unspecified atom stereocenters. The molecule has 1 saturated carbocycles. The molecule has 1 N–H and O–H groups in total. The van der Waals surface area contributed by atoms with Gasteiger partial charge in [0, 0.05) is 5.92 Å². The predicted molar refractivity (Wildman–Crippen MR) is 91.5 cm³/mol. The van der Waals surface area contributed by atoms with Crippen molar-refractivity contribution >= 4 is 11.8 Å². The summed E-state index contributed by atoms with van der Waals surface area (Å²) in [6.07, 6.45) is 5.90. The summed E-state index contributed by atoms with van der Waals surface area (Å²) in [5.74, 6) is 0.506. The number of rotatable bonds is 2. The second-order valence-electron chi connectivity index (χ2n) is 6.09. The number of fused-ring (bicyclic) bond motifs is 1. The highest BCUT2D eigenvalue weighted by atomic mass is 15.3. The first-order chi connectivity index (χ1) is 10.9. The topological polar surface area (TPSA) is 24.4 Å². The van der Waals surface area contributed by atoms with Crippen LogP contribution in [0.3, 0.4) is 0 Å². The fraction of sp³-hybridized carbons (Fsp3) is 0.250. The molecule has 1 fully saturated rings. The maximum atomic E-state index is 4.69. The Morgan fingerprint density at radius 1 is 0.955 bits per heavy atom. The average molecular weight is 288 g/mol. The number of benzene rings is 2. The molecule has 2 aromatic rings. The van der Waals surface area contributed by atoms with E-state index < -0.39 is 0 Å². The van der Waals surface area contributed by atoms with Gasteiger partial charge in [-0.15, -0.1) is 0 Å². The van der Waals surface area contributed by atoms with E-state index in [1.807, 2.05) is 0 Å². The van der Waals surface area contributed by atoms with Gasteiger partial charge in [0.05, 0.1) is 11.8 Å². The zero-order valence-corrected chi connectivity index (χ0v) is 12.6. The molecule has 0 saturated heterocycles. The second-order valence-corrected chi connectivity index (χ2v) is 6.09. The molecule has 4 rings (SSSR count). The molecule has 0 aromatic heterocycles. The van der Waals surface area contributed by atoms with Gasteiger partial charge < -0.3 is 5.43 Å². The van der Waals surface area contributed by atoms with Crippen molar-refractivity contribution < 1.29 is 0 Å². The van der Waals surface area contributed by atoms with Crippen molar-refractivity contribution in [1.29, 1.82) is 0 Å². The van der Waals surface area contributed by atoms with Crippen LogP contribution in [-0.4, -0.2) is 5.71 Å². The fourth-order valence-electron chi connectivity index (χ4n) is 3.59. The predicted octanol–water partition coefficient (Wildman–Crippen LogP) is 4.57. The van der Waals surface area contributed by atoms with E-state index in [0.29, 0.717) is 12.0 Å². The van der Waals surface area contributed by atoms with Crippen LogP contribution in [0.2, 0.25) is 0 Å². The summed E-state index contributed by atoms with van der Waals surface area (Å²) in [5.41, 5.74) is 8.65. The Bertz CT molecular complexity index is 701. The number of hydrogen-bond acceptors (Lipinski definition) is 2. The molecule has 0 bridgehead atoms. The lowest BCUT2D eigenvalue weighted by atomic mass is 9.78. The molecule has 22 heavy (non-hydrogen) atoms. The van der Waals surface area contributed by atoms with Crippen molar-refractivity contribution in [3.05, 3.63) is 77.4 Å². The molecule has 110 valence electrons. The first-order valence-electron chi connectivity index (χ1n) is 8.06. The van der Waals surface area contributed by atoms with Crippen molar-refractivity contribution in [2.24, 2.45) is 11.0 Å². The molecule has 1 heterocycles. The Hall–Kier alpha value is -2.35. The minimum atomic E-state index is 0.329. The highest BCUT2D eigenvalue weighted by molar-refractivity contribution is 6.07. The zero-order chi connectivity index (χ0) is 14.8. The van der Waals surface area contributed by atoms with Gasteiger partial charge in [-0.2, -0.15) is 5.10 Å². The minimum absolute atomic E-state index is 0.329. The van der Waals surface area contributed by atoms with Crippen LogP contribution < -0.4 is 5.43 Å². The van der Waals surface area contributed by atoms with Crippen LogP contribution in [0.5, 0.6) is 0 Å². The van der Waals surface area contributed by atoms with E-state index in [1.165, 1.54) is 35.3 Å². The largest absolute Gasteiger partial charge is 0.302 e. The van der Waals surface area contributed by atoms with Crippen LogP contribution in [0.15, 0.2) is 71.3 Å². The van der Waals surface area contributed by atoms with E-state index in [2.05, 4.69) is 72.2 Å². The van der Waals surface area contributed by atoms with Gasteiger partial charge in [-0.25, -0.2) is 0 Å². The molecule has 0 radical (unpaired) electrons. The molecule has 2 heteroatoms. The number of hydrazone groups is 1. The fourth-order valence-corrected chi connectivity index (χ4v) is 3.59. The summed E-state index contributed by atoms with van der Waals surface area (Å²) in [5, 5.41) is 4.69. The normalized spacial score (nSPS) is 25.5. The van der Waals surface area contributed by atoms with E-state index in [0.717, 1.165) is 6.42 Å². The Balaban J connectivity index is 1.63. The Labute approximate surface area is 131 Å². The van der Waals surface area contributed by atoms with Crippen molar-refractivity contribution in [3.63, 3.8) is 0 Å². The summed E-state index contributed by atoms with van der Waals surface area (Å²) < 4.78 is 0. The van der Waals surface area contributed by atoms with Crippen molar-refractivity contribution in [2.45, 2.75) is 25.3 Å². The molecular weight excluding hydrogens is 268 g/mol. The Kier molecular flexibility index (Phi) is 3.51. The van der Waals surface area contributed by atoms with E-state index in [4.69, 9.17) is 5.10 Å². The second kappa shape index (κ2) is 5.80. The molecule has 0 spiro atoms. The standard InChI is InChI=1S/C20H20N2/c1-3-8-15(9-4-1)14-17-12-7-13-18-19(21-22-20(17)18)16-10-5-2-6-11-16/h1-6,8-11,14,18-19,21H,7,12-13H2. The van der Waals surface area contributed by atoms with Crippen LogP contribution in [0.4, 0.5) is 0 Å². The van der Waals surface area contributed by atoms with Crippen LogP contribution in [0, 0.1) is 5.92 Å². The third kappa shape index (κ3) is 2.45. The molecule has 2 nitrogen and oxygen atoms in total. The number of allylic oxidation sites excluding steroid dienone is 1. The maximum Gasteiger partial charge on any atom is 0.0773 e. The molecule has 2 aliphatic rings. The zero-order valence-electron chi connectivity index (χ0n) is 12.6. The van der Waals surface area contributed by atoms with E-state index in [-0.39, 0.29) is 0 Å². The molecule has 0 amide bonds. The monoisotopic (exact) mass is 288 g/mol.